The number of hydrogen-bond donors (Lipinski definition) is 2. The third-order valence-electron chi connectivity index (χ3n) is 4.02. The smallest absolute Gasteiger partial charge is 0.250 e. The molecule has 2 rings (SSSR count). The van der Waals surface area contributed by atoms with Crippen molar-refractivity contribution in [3.8, 4) is 0 Å². The number of aliphatic imine (C=N–C) groups is 1. The van der Waals surface area contributed by atoms with Crippen LogP contribution in [0.5, 0.6) is 0 Å². The van der Waals surface area contributed by atoms with E-state index >= 15 is 0 Å². The number of aryl methyl sites for hydroxylation is 1. The molecule has 0 aromatic carbocycles. The first-order chi connectivity index (χ1) is 10.1. The molecule has 2 N–H and O–H groups in total. The Balaban J connectivity index is 1.66. The standard InChI is InChI=1S/C16H26N4O/c1-12-11-14(12)19-16(17-3)18-9-4-5-10-20-13(2)7-6-8-15(20)21/h6-8,12,14H,4-5,9-11H2,1-3H3,(H2,17,18,19). The van der Waals surface area contributed by atoms with Gasteiger partial charge in [0.05, 0.1) is 0 Å². The predicted molar refractivity (Wildman–Crippen MR) is 86.7 cm³/mol. The highest BCUT2D eigenvalue weighted by atomic mass is 16.1. The summed E-state index contributed by atoms with van der Waals surface area (Å²) in [5.41, 5.74) is 1.11. The Morgan fingerprint density at radius 3 is 2.81 bits per heavy atom. The third kappa shape index (κ3) is 4.62. The molecule has 1 heterocycles. The summed E-state index contributed by atoms with van der Waals surface area (Å²) >= 11 is 0. The molecule has 1 aromatic rings. The van der Waals surface area contributed by atoms with Gasteiger partial charge in [0, 0.05) is 37.9 Å². The molecule has 0 saturated heterocycles. The summed E-state index contributed by atoms with van der Waals surface area (Å²) in [5, 5.41) is 6.73. The number of unbranched alkanes of at least 4 members (excludes halogenated alkanes) is 1. The fourth-order valence-corrected chi connectivity index (χ4v) is 2.41. The Morgan fingerprint density at radius 1 is 1.43 bits per heavy atom. The van der Waals surface area contributed by atoms with E-state index in [2.05, 4.69) is 22.5 Å². The minimum atomic E-state index is 0.0863. The number of rotatable bonds is 6. The van der Waals surface area contributed by atoms with E-state index in [9.17, 15) is 4.79 Å². The first kappa shape index (κ1) is 15.6. The SMILES string of the molecule is CN=C(NCCCCn1c(C)cccc1=O)NC1CC1C. The zero-order valence-electron chi connectivity index (χ0n) is 13.2. The average Bonchev–Trinajstić information content (AvgIpc) is 3.15. The van der Waals surface area contributed by atoms with Crippen LogP contribution in [-0.4, -0.2) is 30.2 Å². The molecule has 5 nitrogen and oxygen atoms in total. The van der Waals surface area contributed by atoms with Gasteiger partial charge in [0.25, 0.3) is 5.56 Å². The average molecular weight is 290 g/mol. The molecule has 1 saturated carbocycles. The molecule has 1 aliphatic carbocycles. The number of pyridine rings is 1. The van der Waals surface area contributed by atoms with Crippen LogP contribution in [0.15, 0.2) is 28.0 Å². The first-order valence-corrected chi connectivity index (χ1v) is 7.75. The van der Waals surface area contributed by atoms with Crippen molar-refractivity contribution in [2.75, 3.05) is 13.6 Å². The second-order valence-corrected chi connectivity index (χ2v) is 5.83. The zero-order valence-corrected chi connectivity index (χ0v) is 13.2. The van der Waals surface area contributed by atoms with Gasteiger partial charge < -0.3 is 15.2 Å². The Morgan fingerprint density at radius 2 is 2.19 bits per heavy atom. The largest absolute Gasteiger partial charge is 0.356 e. The molecular weight excluding hydrogens is 264 g/mol. The van der Waals surface area contributed by atoms with E-state index in [1.54, 1.807) is 13.1 Å². The van der Waals surface area contributed by atoms with Crippen molar-refractivity contribution in [3.05, 3.63) is 34.2 Å². The lowest BCUT2D eigenvalue weighted by atomic mass is 10.3. The monoisotopic (exact) mass is 290 g/mol. The Kier molecular flexibility index (Phi) is 5.42. The summed E-state index contributed by atoms with van der Waals surface area (Å²) in [4.78, 5) is 16.0. The molecule has 0 aliphatic heterocycles. The van der Waals surface area contributed by atoms with Crippen molar-refractivity contribution < 1.29 is 0 Å². The van der Waals surface area contributed by atoms with Gasteiger partial charge in [-0.25, -0.2) is 0 Å². The van der Waals surface area contributed by atoms with Crippen molar-refractivity contribution >= 4 is 5.96 Å². The van der Waals surface area contributed by atoms with E-state index < -0.39 is 0 Å². The van der Waals surface area contributed by atoms with Crippen molar-refractivity contribution in [2.45, 2.75) is 45.7 Å². The number of guanidine groups is 1. The lowest BCUT2D eigenvalue weighted by Gasteiger charge is -2.12. The van der Waals surface area contributed by atoms with E-state index in [0.717, 1.165) is 43.5 Å². The lowest BCUT2D eigenvalue weighted by Crippen LogP contribution is -2.39. The van der Waals surface area contributed by atoms with Crippen LogP contribution in [0, 0.1) is 12.8 Å². The van der Waals surface area contributed by atoms with E-state index in [1.807, 2.05) is 23.6 Å². The van der Waals surface area contributed by atoms with Crippen LogP contribution in [0.25, 0.3) is 0 Å². The minimum Gasteiger partial charge on any atom is -0.356 e. The number of aromatic nitrogens is 1. The van der Waals surface area contributed by atoms with Crippen molar-refractivity contribution in [1.82, 2.24) is 15.2 Å². The van der Waals surface area contributed by atoms with Crippen LogP contribution >= 0.6 is 0 Å². The van der Waals surface area contributed by atoms with Gasteiger partial charge in [0.2, 0.25) is 0 Å². The molecule has 1 fully saturated rings. The molecule has 0 radical (unpaired) electrons. The van der Waals surface area contributed by atoms with Crippen LogP contribution in [0.1, 0.15) is 31.9 Å². The predicted octanol–water partition coefficient (Wildman–Crippen LogP) is 1.51. The fourth-order valence-electron chi connectivity index (χ4n) is 2.41. The van der Waals surface area contributed by atoms with E-state index in [1.165, 1.54) is 6.42 Å². The maximum atomic E-state index is 11.7. The van der Waals surface area contributed by atoms with Gasteiger partial charge >= 0.3 is 0 Å². The molecule has 2 atom stereocenters. The van der Waals surface area contributed by atoms with Crippen LogP contribution < -0.4 is 16.2 Å². The summed E-state index contributed by atoms with van der Waals surface area (Å²) < 4.78 is 1.83. The zero-order chi connectivity index (χ0) is 15.2. The normalized spacial score (nSPS) is 21.2. The number of hydrogen-bond acceptors (Lipinski definition) is 2. The molecule has 116 valence electrons. The van der Waals surface area contributed by atoms with Gasteiger partial charge in [-0.2, -0.15) is 0 Å². The fraction of sp³-hybridized carbons (Fsp3) is 0.625. The summed E-state index contributed by atoms with van der Waals surface area (Å²) in [6, 6.07) is 5.99. The van der Waals surface area contributed by atoms with Crippen LogP contribution in [0.3, 0.4) is 0 Å². The molecule has 1 aliphatic rings. The van der Waals surface area contributed by atoms with E-state index in [-0.39, 0.29) is 5.56 Å². The second-order valence-electron chi connectivity index (χ2n) is 5.83. The van der Waals surface area contributed by atoms with Gasteiger partial charge in [-0.3, -0.25) is 9.79 Å². The van der Waals surface area contributed by atoms with Crippen molar-refractivity contribution in [1.29, 1.82) is 0 Å². The van der Waals surface area contributed by atoms with Gasteiger partial charge in [0.1, 0.15) is 0 Å². The molecular formula is C16H26N4O. The molecule has 0 bridgehead atoms. The van der Waals surface area contributed by atoms with Crippen molar-refractivity contribution in [3.63, 3.8) is 0 Å². The number of nitrogens with one attached hydrogen (secondary N) is 2. The van der Waals surface area contributed by atoms with Crippen molar-refractivity contribution in [2.24, 2.45) is 10.9 Å². The van der Waals surface area contributed by atoms with Gasteiger partial charge in [-0.1, -0.05) is 13.0 Å². The van der Waals surface area contributed by atoms with Crippen LogP contribution in [-0.2, 0) is 6.54 Å². The molecule has 1 aromatic heterocycles. The lowest BCUT2D eigenvalue weighted by molar-refractivity contribution is 0.574. The second kappa shape index (κ2) is 7.29. The van der Waals surface area contributed by atoms with E-state index in [4.69, 9.17) is 0 Å². The topological polar surface area (TPSA) is 58.4 Å². The van der Waals surface area contributed by atoms with Crippen LogP contribution in [0.2, 0.25) is 0 Å². The third-order valence-corrected chi connectivity index (χ3v) is 4.02. The Hall–Kier alpha value is -1.78. The molecule has 2 unspecified atom stereocenters. The molecule has 5 heteroatoms. The highest BCUT2D eigenvalue weighted by Crippen LogP contribution is 2.28. The van der Waals surface area contributed by atoms with Gasteiger partial charge in [0.15, 0.2) is 5.96 Å². The highest BCUT2D eigenvalue weighted by molar-refractivity contribution is 5.80. The summed E-state index contributed by atoms with van der Waals surface area (Å²) in [6.45, 7) is 5.87. The summed E-state index contributed by atoms with van der Waals surface area (Å²) in [6.07, 6.45) is 3.23. The Labute approximate surface area is 126 Å². The van der Waals surface area contributed by atoms with Gasteiger partial charge in [-0.05, 0) is 38.2 Å². The molecule has 0 amide bonds. The van der Waals surface area contributed by atoms with E-state index in [0.29, 0.717) is 6.04 Å². The first-order valence-electron chi connectivity index (χ1n) is 7.75. The molecule has 0 spiro atoms. The van der Waals surface area contributed by atoms with Crippen LogP contribution in [0.4, 0.5) is 0 Å². The number of nitrogens with zero attached hydrogens (tertiary/aromatic N) is 2. The summed E-state index contributed by atoms with van der Waals surface area (Å²) in [7, 11) is 1.80. The molecule has 21 heavy (non-hydrogen) atoms. The minimum absolute atomic E-state index is 0.0863. The quantitative estimate of drug-likeness (QED) is 0.474. The van der Waals surface area contributed by atoms with Gasteiger partial charge in [-0.15, -0.1) is 0 Å². The highest BCUT2D eigenvalue weighted by Gasteiger charge is 2.33. The maximum Gasteiger partial charge on any atom is 0.250 e. The Bertz CT molecular complexity index is 549. The summed E-state index contributed by atoms with van der Waals surface area (Å²) in [5.74, 6) is 1.65. The maximum absolute atomic E-state index is 11.7.